The Bertz CT molecular complexity index is 450. The molecule has 16 heavy (non-hydrogen) atoms. The van der Waals surface area contributed by atoms with Gasteiger partial charge in [0.05, 0.1) is 12.5 Å². The molecule has 1 aromatic rings. The van der Waals surface area contributed by atoms with Crippen molar-refractivity contribution >= 4 is 11.8 Å². The molecule has 3 nitrogen and oxygen atoms in total. The summed E-state index contributed by atoms with van der Waals surface area (Å²) in [4.78, 5) is 24.7. The van der Waals surface area contributed by atoms with E-state index in [0.717, 1.165) is 5.56 Å². The Hall–Kier alpha value is -1.90. The molecule has 1 aliphatic heterocycles. The Labute approximate surface area is 94.4 Å². The van der Waals surface area contributed by atoms with E-state index in [-0.39, 0.29) is 24.3 Å². The molecule has 3 heteroatoms. The molecule has 1 saturated heterocycles. The summed E-state index contributed by atoms with van der Waals surface area (Å²) >= 11 is 0. The molecule has 2 amide bonds. The second kappa shape index (κ2) is 3.93. The van der Waals surface area contributed by atoms with E-state index in [2.05, 4.69) is 6.58 Å². The van der Waals surface area contributed by atoms with E-state index < -0.39 is 0 Å². The second-order valence-corrected chi connectivity index (χ2v) is 3.94. The highest BCUT2D eigenvalue weighted by molar-refractivity contribution is 6.13. The van der Waals surface area contributed by atoms with Gasteiger partial charge in [0.1, 0.15) is 0 Å². The molecule has 0 aromatic heterocycles. The van der Waals surface area contributed by atoms with Gasteiger partial charge in [0.15, 0.2) is 0 Å². The average Bonchev–Trinajstić information content (AvgIpc) is 2.54. The zero-order valence-electron chi connectivity index (χ0n) is 9.14. The van der Waals surface area contributed by atoms with Crippen LogP contribution in [0.15, 0.2) is 42.5 Å². The molecule has 1 aliphatic rings. The van der Waals surface area contributed by atoms with Crippen molar-refractivity contribution in [3.8, 4) is 0 Å². The molecule has 0 aliphatic carbocycles. The van der Waals surface area contributed by atoms with Crippen LogP contribution in [0.25, 0.3) is 0 Å². The number of nitrogens with zero attached hydrogens (tertiary/aromatic N) is 1. The maximum atomic E-state index is 11.7. The average molecular weight is 215 g/mol. The minimum atomic E-state index is -0.249. The fourth-order valence-electron chi connectivity index (χ4n) is 1.90. The fraction of sp³-hybridized carbons (Fsp3) is 0.231. The van der Waals surface area contributed by atoms with Crippen LogP contribution >= 0.6 is 0 Å². The molecule has 0 radical (unpaired) electrons. The summed E-state index contributed by atoms with van der Waals surface area (Å²) in [6.45, 7) is 5.45. The minimum absolute atomic E-state index is 0.149. The van der Waals surface area contributed by atoms with E-state index in [4.69, 9.17) is 0 Å². The van der Waals surface area contributed by atoms with Gasteiger partial charge in [-0.25, -0.2) is 0 Å². The van der Waals surface area contributed by atoms with Crippen LogP contribution in [-0.4, -0.2) is 16.7 Å². The van der Waals surface area contributed by atoms with Crippen LogP contribution in [0.4, 0.5) is 0 Å². The normalized spacial score (nSPS) is 18.1. The fourth-order valence-corrected chi connectivity index (χ4v) is 1.90. The van der Waals surface area contributed by atoms with Crippen LogP contribution in [0.1, 0.15) is 24.9 Å². The third-order valence-corrected chi connectivity index (χ3v) is 2.82. The van der Waals surface area contributed by atoms with Crippen molar-refractivity contribution in [3.05, 3.63) is 48.0 Å². The Morgan fingerprint density at radius 3 is 2.38 bits per heavy atom. The number of hydrogen-bond donors (Lipinski definition) is 0. The van der Waals surface area contributed by atoms with Crippen molar-refractivity contribution in [2.24, 2.45) is 0 Å². The van der Waals surface area contributed by atoms with E-state index >= 15 is 0 Å². The Kier molecular flexibility index (Phi) is 2.60. The first-order chi connectivity index (χ1) is 7.61. The molecule has 82 valence electrons. The van der Waals surface area contributed by atoms with Crippen LogP contribution in [0.3, 0.4) is 0 Å². The van der Waals surface area contributed by atoms with E-state index in [9.17, 15) is 9.59 Å². The number of benzene rings is 1. The van der Waals surface area contributed by atoms with Gasteiger partial charge < -0.3 is 0 Å². The molecule has 0 saturated carbocycles. The molecule has 0 spiro atoms. The van der Waals surface area contributed by atoms with E-state index in [1.807, 2.05) is 37.3 Å². The number of carbonyl (C=O) groups is 2. The van der Waals surface area contributed by atoms with Gasteiger partial charge in [-0.2, -0.15) is 0 Å². The zero-order chi connectivity index (χ0) is 11.7. The lowest BCUT2D eigenvalue weighted by Crippen LogP contribution is -2.32. The van der Waals surface area contributed by atoms with Crippen molar-refractivity contribution < 1.29 is 9.59 Å². The van der Waals surface area contributed by atoms with Gasteiger partial charge in [0, 0.05) is 5.57 Å². The summed E-state index contributed by atoms with van der Waals surface area (Å²) < 4.78 is 0. The molecule has 2 rings (SSSR count). The molecule has 1 heterocycles. The number of likely N-dealkylation sites (tertiary alicyclic amines) is 1. The first kappa shape index (κ1) is 10.6. The highest BCUT2D eigenvalue weighted by Gasteiger charge is 2.36. The van der Waals surface area contributed by atoms with Crippen LogP contribution in [-0.2, 0) is 9.59 Å². The van der Waals surface area contributed by atoms with Crippen LogP contribution in [0.5, 0.6) is 0 Å². The largest absolute Gasteiger partial charge is 0.274 e. The Morgan fingerprint density at radius 2 is 1.88 bits per heavy atom. The van der Waals surface area contributed by atoms with Crippen molar-refractivity contribution in [3.63, 3.8) is 0 Å². The van der Waals surface area contributed by atoms with Crippen molar-refractivity contribution in [2.45, 2.75) is 19.4 Å². The third kappa shape index (κ3) is 1.65. The lowest BCUT2D eigenvalue weighted by molar-refractivity contribution is -0.140. The highest BCUT2D eigenvalue weighted by atomic mass is 16.2. The number of carbonyl (C=O) groups excluding carboxylic acids is 2. The standard InChI is InChI=1S/C13H13NO2/c1-9-8-12(15)14(13(9)16)10(2)11-6-4-3-5-7-11/h3-7,10H,1,8H2,2H3/t10-/m1/s1. The van der Waals surface area contributed by atoms with Crippen molar-refractivity contribution in [1.82, 2.24) is 4.90 Å². The number of amides is 2. The second-order valence-electron chi connectivity index (χ2n) is 3.94. The maximum absolute atomic E-state index is 11.7. The van der Waals surface area contributed by atoms with Gasteiger partial charge in [-0.15, -0.1) is 0 Å². The van der Waals surface area contributed by atoms with Gasteiger partial charge >= 0.3 is 0 Å². The van der Waals surface area contributed by atoms with Gasteiger partial charge in [0.2, 0.25) is 5.91 Å². The monoisotopic (exact) mass is 215 g/mol. The van der Waals surface area contributed by atoms with Crippen LogP contribution in [0, 0.1) is 0 Å². The summed E-state index contributed by atoms with van der Waals surface area (Å²) in [5, 5.41) is 0. The Balaban J connectivity index is 2.29. The summed E-state index contributed by atoms with van der Waals surface area (Å²) in [6, 6.07) is 9.29. The van der Waals surface area contributed by atoms with Crippen LogP contribution < -0.4 is 0 Å². The van der Waals surface area contributed by atoms with E-state index in [1.165, 1.54) is 4.90 Å². The number of hydrogen-bond acceptors (Lipinski definition) is 2. The SMILES string of the molecule is C=C1CC(=O)N([C@H](C)c2ccccc2)C1=O. The predicted molar refractivity (Wildman–Crippen MR) is 60.5 cm³/mol. The molecule has 0 bridgehead atoms. The highest BCUT2D eigenvalue weighted by Crippen LogP contribution is 2.28. The third-order valence-electron chi connectivity index (χ3n) is 2.82. The summed E-state index contributed by atoms with van der Waals surface area (Å²) in [5.74, 6) is -0.410. The van der Waals surface area contributed by atoms with Gasteiger partial charge in [-0.3, -0.25) is 14.5 Å². The van der Waals surface area contributed by atoms with Gasteiger partial charge in [-0.1, -0.05) is 36.9 Å². The molecule has 0 unspecified atom stereocenters. The first-order valence-corrected chi connectivity index (χ1v) is 5.20. The predicted octanol–water partition coefficient (Wildman–Crippen LogP) is 2.06. The van der Waals surface area contributed by atoms with Crippen molar-refractivity contribution in [1.29, 1.82) is 0 Å². The van der Waals surface area contributed by atoms with E-state index in [0.29, 0.717) is 5.57 Å². The number of rotatable bonds is 2. The quantitative estimate of drug-likeness (QED) is 0.559. The molecule has 1 atom stereocenters. The van der Waals surface area contributed by atoms with Crippen LogP contribution in [0.2, 0.25) is 0 Å². The zero-order valence-corrected chi connectivity index (χ0v) is 9.14. The Morgan fingerprint density at radius 1 is 1.25 bits per heavy atom. The van der Waals surface area contributed by atoms with Gasteiger partial charge in [-0.05, 0) is 12.5 Å². The molecule has 0 N–H and O–H groups in total. The summed E-state index contributed by atoms with van der Waals surface area (Å²) in [7, 11) is 0. The molecular formula is C13H13NO2. The lowest BCUT2D eigenvalue weighted by Gasteiger charge is -2.22. The number of imide groups is 1. The van der Waals surface area contributed by atoms with Crippen molar-refractivity contribution in [2.75, 3.05) is 0 Å². The molecular weight excluding hydrogens is 202 g/mol. The maximum Gasteiger partial charge on any atom is 0.256 e. The van der Waals surface area contributed by atoms with Gasteiger partial charge in [0.25, 0.3) is 5.91 Å². The molecule has 1 aromatic carbocycles. The smallest absolute Gasteiger partial charge is 0.256 e. The lowest BCUT2D eigenvalue weighted by atomic mass is 10.1. The minimum Gasteiger partial charge on any atom is -0.274 e. The summed E-state index contributed by atoms with van der Waals surface area (Å²) in [6.07, 6.45) is 0.149. The van der Waals surface area contributed by atoms with E-state index in [1.54, 1.807) is 0 Å². The first-order valence-electron chi connectivity index (χ1n) is 5.20. The summed E-state index contributed by atoms with van der Waals surface area (Å²) in [5.41, 5.74) is 1.34. The molecule has 1 fully saturated rings. The topological polar surface area (TPSA) is 37.4 Å².